The Morgan fingerprint density at radius 3 is 2.61 bits per heavy atom. The second kappa shape index (κ2) is 6.51. The topological polar surface area (TPSA) is 107 Å². The largest absolute Gasteiger partial charge is 0.444 e. The molecule has 0 aliphatic carbocycles. The van der Waals surface area contributed by atoms with Crippen molar-refractivity contribution in [1.29, 1.82) is 0 Å². The molecule has 8 heteroatoms. The minimum absolute atomic E-state index is 0.0871. The maximum absolute atomic E-state index is 11.0. The van der Waals surface area contributed by atoms with Gasteiger partial charge in [0, 0.05) is 13.1 Å². The maximum atomic E-state index is 11.0. The molecule has 4 N–H and O–H groups in total. The molecule has 128 valence electrons. The first kappa shape index (κ1) is 17.8. The number of primary amides is 1. The Kier molecular flexibility index (Phi) is 5.03. The number of aromatic nitrogens is 2. The van der Waals surface area contributed by atoms with Gasteiger partial charge in [0.15, 0.2) is 5.82 Å². The van der Waals surface area contributed by atoms with Crippen LogP contribution in [0.3, 0.4) is 0 Å². The van der Waals surface area contributed by atoms with Gasteiger partial charge in [0.05, 0.1) is 6.20 Å². The number of hydrogen-bond donors (Lipinski definition) is 2. The van der Waals surface area contributed by atoms with E-state index in [1.165, 1.54) is 0 Å². The van der Waals surface area contributed by atoms with E-state index >= 15 is 0 Å². The molecular formula is C15H24BrN5O2. The fourth-order valence-corrected chi connectivity index (χ4v) is 3.51. The summed E-state index contributed by atoms with van der Waals surface area (Å²) in [6.45, 7) is 7.74. The highest BCUT2D eigenvalue weighted by Crippen LogP contribution is 2.40. The number of nitrogens with two attached hydrogens (primary N) is 2. The van der Waals surface area contributed by atoms with E-state index in [0.717, 1.165) is 38.2 Å². The van der Waals surface area contributed by atoms with Crippen molar-refractivity contribution in [2.24, 2.45) is 11.1 Å². The molecule has 1 fully saturated rings. The van der Waals surface area contributed by atoms with E-state index in [1.807, 2.05) is 13.8 Å². The molecule has 0 spiro atoms. The minimum atomic E-state index is -0.725. The van der Waals surface area contributed by atoms with Crippen LogP contribution in [-0.4, -0.2) is 34.8 Å². The van der Waals surface area contributed by atoms with Gasteiger partial charge in [-0.15, -0.1) is 0 Å². The van der Waals surface area contributed by atoms with Gasteiger partial charge in [-0.1, -0.05) is 6.92 Å². The van der Waals surface area contributed by atoms with E-state index in [0.29, 0.717) is 10.4 Å². The molecule has 7 nitrogen and oxygen atoms in total. The summed E-state index contributed by atoms with van der Waals surface area (Å²) in [4.78, 5) is 21.8. The number of rotatable bonds is 4. The molecular weight excluding hydrogens is 362 g/mol. The van der Waals surface area contributed by atoms with Crippen molar-refractivity contribution in [3.05, 3.63) is 10.8 Å². The highest BCUT2D eigenvalue weighted by atomic mass is 79.9. The van der Waals surface area contributed by atoms with Gasteiger partial charge in [0.1, 0.15) is 16.0 Å². The normalized spacial score (nSPS) is 17.8. The number of hydrogen-bond acceptors (Lipinski definition) is 6. The van der Waals surface area contributed by atoms with Crippen molar-refractivity contribution in [1.82, 2.24) is 9.97 Å². The predicted octanol–water partition coefficient (Wildman–Crippen LogP) is 2.69. The SMILES string of the molecule is CC1(CC(C)(C)OC(N)=O)CCN(c2cnc(Br)c(N)n2)CC1. The second-order valence-corrected chi connectivity index (χ2v) is 7.81. The molecule has 2 heterocycles. The van der Waals surface area contributed by atoms with Crippen LogP contribution in [0.5, 0.6) is 0 Å². The Balaban J connectivity index is 1.99. The number of nitrogen functional groups attached to an aromatic ring is 1. The van der Waals surface area contributed by atoms with Gasteiger partial charge in [-0.05, 0) is 54.5 Å². The number of nitrogens with zero attached hydrogens (tertiary/aromatic N) is 3. The Morgan fingerprint density at radius 2 is 2.09 bits per heavy atom. The first-order valence-corrected chi connectivity index (χ1v) is 8.41. The Hall–Kier alpha value is -1.57. The molecule has 0 bridgehead atoms. The van der Waals surface area contributed by atoms with E-state index in [2.05, 4.69) is 37.7 Å². The highest BCUT2D eigenvalue weighted by molar-refractivity contribution is 9.10. The van der Waals surface area contributed by atoms with Crippen LogP contribution in [0.1, 0.15) is 40.0 Å². The molecule has 1 amide bonds. The molecule has 2 rings (SSSR count). The number of carbonyl (C=O) groups excluding carboxylic acids is 1. The van der Waals surface area contributed by atoms with Crippen LogP contribution in [0.15, 0.2) is 10.8 Å². The van der Waals surface area contributed by atoms with E-state index in [4.69, 9.17) is 16.2 Å². The lowest BCUT2D eigenvalue weighted by molar-refractivity contribution is 0.00150. The Bertz CT molecular complexity index is 585. The third-order valence-electron chi connectivity index (χ3n) is 4.26. The molecule has 0 saturated carbocycles. The van der Waals surface area contributed by atoms with Gasteiger partial charge in [-0.25, -0.2) is 14.8 Å². The van der Waals surface area contributed by atoms with Crippen LogP contribution in [-0.2, 0) is 4.74 Å². The van der Waals surface area contributed by atoms with E-state index in [1.54, 1.807) is 6.20 Å². The summed E-state index contributed by atoms with van der Waals surface area (Å²) in [7, 11) is 0. The lowest BCUT2D eigenvalue weighted by Gasteiger charge is -2.43. The molecule has 1 aromatic rings. The second-order valence-electron chi connectivity index (χ2n) is 7.06. The molecule has 0 unspecified atom stereocenters. The highest BCUT2D eigenvalue weighted by Gasteiger charge is 2.37. The average molecular weight is 386 g/mol. The molecule has 1 aliphatic heterocycles. The number of ether oxygens (including phenoxy) is 1. The molecule has 0 aromatic carbocycles. The quantitative estimate of drug-likeness (QED) is 0.824. The van der Waals surface area contributed by atoms with Crippen molar-refractivity contribution in [2.75, 3.05) is 23.7 Å². The monoisotopic (exact) mass is 385 g/mol. The van der Waals surface area contributed by atoms with Crippen LogP contribution in [0.4, 0.5) is 16.4 Å². The summed E-state index contributed by atoms with van der Waals surface area (Å²) in [6.07, 6.45) is 3.71. The Labute approximate surface area is 144 Å². The van der Waals surface area contributed by atoms with Crippen LogP contribution < -0.4 is 16.4 Å². The van der Waals surface area contributed by atoms with Crippen molar-refractivity contribution in [3.8, 4) is 0 Å². The maximum Gasteiger partial charge on any atom is 0.405 e. The molecule has 1 aliphatic rings. The zero-order valence-corrected chi connectivity index (χ0v) is 15.4. The third kappa shape index (κ3) is 4.70. The first-order valence-electron chi connectivity index (χ1n) is 7.62. The van der Waals surface area contributed by atoms with Crippen molar-refractivity contribution >= 4 is 33.7 Å². The number of amides is 1. The summed E-state index contributed by atoms with van der Waals surface area (Å²) in [6, 6.07) is 0. The van der Waals surface area contributed by atoms with E-state index in [-0.39, 0.29) is 5.41 Å². The van der Waals surface area contributed by atoms with Gasteiger partial charge < -0.3 is 21.1 Å². The number of piperidine rings is 1. The van der Waals surface area contributed by atoms with Gasteiger partial charge in [-0.3, -0.25) is 0 Å². The van der Waals surface area contributed by atoms with Crippen LogP contribution in [0.25, 0.3) is 0 Å². The zero-order chi connectivity index (χ0) is 17.3. The van der Waals surface area contributed by atoms with E-state index < -0.39 is 11.7 Å². The molecule has 1 saturated heterocycles. The molecule has 0 radical (unpaired) electrons. The zero-order valence-electron chi connectivity index (χ0n) is 13.8. The molecule has 0 atom stereocenters. The fourth-order valence-electron chi connectivity index (χ4n) is 3.32. The third-order valence-corrected chi connectivity index (χ3v) is 4.87. The number of halogens is 1. The van der Waals surface area contributed by atoms with Gasteiger partial charge in [0.25, 0.3) is 0 Å². The van der Waals surface area contributed by atoms with Crippen molar-refractivity contribution < 1.29 is 9.53 Å². The van der Waals surface area contributed by atoms with E-state index in [9.17, 15) is 4.79 Å². The van der Waals surface area contributed by atoms with Crippen molar-refractivity contribution in [2.45, 2.75) is 45.6 Å². The Morgan fingerprint density at radius 1 is 1.48 bits per heavy atom. The summed E-state index contributed by atoms with van der Waals surface area (Å²) in [5.41, 5.74) is 10.5. The van der Waals surface area contributed by atoms with Crippen LogP contribution in [0, 0.1) is 5.41 Å². The molecule has 1 aromatic heterocycles. The van der Waals surface area contributed by atoms with Crippen LogP contribution in [0.2, 0.25) is 0 Å². The fraction of sp³-hybridized carbons (Fsp3) is 0.667. The lowest BCUT2D eigenvalue weighted by Crippen LogP contribution is -2.44. The summed E-state index contributed by atoms with van der Waals surface area (Å²) in [5.74, 6) is 1.19. The summed E-state index contributed by atoms with van der Waals surface area (Å²) in [5, 5.41) is 0. The van der Waals surface area contributed by atoms with Gasteiger partial charge >= 0.3 is 6.09 Å². The molecule has 23 heavy (non-hydrogen) atoms. The number of carbonyl (C=O) groups is 1. The first-order chi connectivity index (χ1) is 10.6. The smallest absolute Gasteiger partial charge is 0.405 e. The average Bonchev–Trinajstić information content (AvgIpc) is 2.40. The van der Waals surface area contributed by atoms with Gasteiger partial charge in [0.2, 0.25) is 0 Å². The lowest BCUT2D eigenvalue weighted by atomic mass is 9.73. The van der Waals surface area contributed by atoms with Gasteiger partial charge in [-0.2, -0.15) is 0 Å². The summed E-state index contributed by atoms with van der Waals surface area (Å²) < 4.78 is 5.79. The van der Waals surface area contributed by atoms with Crippen molar-refractivity contribution in [3.63, 3.8) is 0 Å². The number of anilines is 2. The standard InChI is InChI=1S/C15H24BrN5O2/c1-14(2,23-13(18)22)9-15(3)4-6-21(7-5-15)10-8-19-11(16)12(17)20-10/h8H,4-7,9H2,1-3H3,(H2,17,20)(H2,18,22). The summed E-state index contributed by atoms with van der Waals surface area (Å²) >= 11 is 3.26. The minimum Gasteiger partial charge on any atom is -0.444 e. The van der Waals surface area contributed by atoms with Crippen LogP contribution >= 0.6 is 15.9 Å². The predicted molar refractivity (Wildman–Crippen MR) is 93.1 cm³/mol.